The van der Waals surface area contributed by atoms with Crippen molar-refractivity contribution in [3.05, 3.63) is 126 Å². The van der Waals surface area contributed by atoms with Gasteiger partial charge in [0.2, 0.25) is 5.95 Å². The Hall–Kier alpha value is -5.46. The lowest BCUT2D eigenvalue weighted by Crippen LogP contribution is -2.45. The number of hydrogen-bond acceptors (Lipinski definition) is 9. The summed E-state index contributed by atoms with van der Waals surface area (Å²) in [6.45, 7) is 13.4. The van der Waals surface area contributed by atoms with Crippen LogP contribution in [0.2, 0.25) is 0 Å². The van der Waals surface area contributed by atoms with Crippen LogP contribution in [0.4, 0.5) is 0 Å². The predicted octanol–water partition coefficient (Wildman–Crippen LogP) is 13.1. The van der Waals surface area contributed by atoms with Gasteiger partial charge in [0.1, 0.15) is 11.2 Å². The second kappa shape index (κ2) is 21.5. The standard InChI is InChI=1S/C58H65N3O7/c1-3-57(38-66-39-57)36-64-29-15-7-13-27-62-34-42-21-24-51-48(32-42)54-52(61(51)56-59-49(44-17-9-5-10-18-44)33-50(60-56)45-19-11-6-12-20-45)25-23-46-47-31-43(22-26-53(47)68-55(46)54)35-63-28-14-8-16-30-65-37-58(4-2)40-67-41-58/h5-6,9-12,17-26,31-33H,3-4,7-8,13-16,27-30,34-41H2,1-2H3. The van der Waals surface area contributed by atoms with Crippen molar-refractivity contribution in [2.45, 2.75) is 78.4 Å². The predicted molar refractivity (Wildman–Crippen MR) is 270 cm³/mol. The Morgan fingerprint density at radius 1 is 0.515 bits per heavy atom. The van der Waals surface area contributed by atoms with Crippen LogP contribution < -0.4 is 0 Å². The summed E-state index contributed by atoms with van der Waals surface area (Å²) >= 11 is 0. The van der Waals surface area contributed by atoms with Crippen molar-refractivity contribution in [1.82, 2.24) is 14.5 Å². The molecule has 0 unspecified atom stereocenters. The van der Waals surface area contributed by atoms with Crippen LogP contribution in [0.15, 0.2) is 120 Å². The lowest BCUT2D eigenvalue weighted by molar-refractivity contribution is -0.150. The van der Waals surface area contributed by atoms with Gasteiger partial charge in [-0.15, -0.1) is 0 Å². The molecule has 0 amide bonds. The van der Waals surface area contributed by atoms with Crippen LogP contribution in [-0.2, 0) is 41.6 Å². The van der Waals surface area contributed by atoms with Gasteiger partial charge in [-0.2, -0.15) is 0 Å². The van der Waals surface area contributed by atoms with E-state index in [9.17, 15) is 0 Å². The largest absolute Gasteiger partial charge is 0.455 e. The van der Waals surface area contributed by atoms with E-state index in [0.717, 1.165) is 182 Å². The maximum absolute atomic E-state index is 6.86. The Labute approximate surface area is 399 Å². The van der Waals surface area contributed by atoms with Gasteiger partial charge in [-0.1, -0.05) is 86.6 Å². The fourth-order valence-electron chi connectivity index (χ4n) is 9.56. The van der Waals surface area contributed by atoms with Crippen LogP contribution >= 0.6 is 0 Å². The van der Waals surface area contributed by atoms with Crippen molar-refractivity contribution in [2.24, 2.45) is 10.8 Å². The van der Waals surface area contributed by atoms with Crippen molar-refractivity contribution in [2.75, 3.05) is 66.1 Å². The number of unbranched alkanes of at least 4 members (excludes halogenated alkanes) is 4. The lowest BCUT2D eigenvalue weighted by Gasteiger charge is -2.40. The zero-order valence-corrected chi connectivity index (χ0v) is 39.8. The zero-order valence-electron chi connectivity index (χ0n) is 39.8. The molecule has 10 heteroatoms. The van der Waals surface area contributed by atoms with E-state index >= 15 is 0 Å². The maximum atomic E-state index is 6.86. The second-order valence-electron chi connectivity index (χ2n) is 19.2. The van der Waals surface area contributed by atoms with Crippen LogP contribution in [0, 0.1) is 10.8 Å². The van der Waals surface area contributed by atoms with Crippen LogP contribution in [0.3, 0.4) is 0 Å². The van der Waals surface area contributed by atoms with Crippen molar-refractivity contribution in [3.63, 3.8) is 0 Å². The van der Waals surface area contributed by atoms with E-state index in [1.54, 1.807) is 0 Å². The number of ether oxygens (including phenoxy) is 6. The average molecular weight is 916 g/mol. The summed E-state index contributed by atoms with van der Waals surface area (Å²) in [5.74, 6) is 0.597. The van der Waals surface area contributed by atoms with Gasteiger partial charge in [-0.25, -0.2) is 9.97 Å². The number of nitrogens with zero attached hydrogens (tertiary/aromatic N) is 3. The van der Waals surface area contributed by atoms with E-state index in [-0.39, 0.29) is 10.8 Å². The quantitative estimate of drug-likeness (QED) is 0.0519. The topological polar surface area (TPSA) is 99.2 Å². The molecule has 2 fully saturated rings. The van der Waals surface area contributed by atoms with Crippen LogP contribution in [0.5, 0.6) is 0 Å². The molecular formula is C58H65N3O7. The molecule has 2 saturated heterocycles. The molecule has 0 aliphatic carbocycles. The fourth-order valence-corrected chi connectivity index (χ4v) is 9.56. The van der Waals surface area contributed by atoms with E-state index in [0.29, 0.717) is 32.4 Å². The Balaban J connectivity index is 0.899. The number of hydrogen-bond donors (Lipinski definition) is 0. The average Bonchev–Trinajstić information content (AvgIpc) is 3.90. The molecule has 8 aromatic rings. The number of aromatic nitrogens is 3. The molecule has 2 aliphatic heterocycles. The molecule has 354 valence electrons. The van der Waals surface area contributed by atoms with E-state index in [2.05, 4.69) is 122 Å². The highest BCUT2D eigenvalue weighted by Crippen LogP contribution is 2.42. The molecule has 0 N–H and O–H groups in total. The third kappa shape index (κ3) is 10.1. The molecule has 0 spiro atoms. The number of fused-ring (bicyclic) bond motifs is 7. The van der Waals surface area contributed by atoms with Crippen LogP contribution in [-0.4, -0.2) is 80.6 Å². The Bertz CT molecular complexity index is 2850. The number of furan rings is 1. The molecule has 3 aromatic heterocycles. The first-order valence-corrected chi connectivity index (χ1v) is 24.9. The first-order valence-electron chi connectivity index (χ1n) is 24.9. The van der Waals surface area contributed by atoms with Crippen LogP contribution in [0.1, 0.15) is 76.3 Å². The highest BCUT2D eigenvalue weighted by molar-refractivity contribution is 6.23. The molecule has 5 aromatic carbocycles. The summed E-state index contributed by atoms with van der Waals surface area (Å²) in [5.41, 5.74) is 10.1. The molecule has 0 saturated carbocycles. The highest BCUT2D eigenvalue weighted by Gasteiger charge is 2.37. The van der Waals surface area contributed by atoms with Gasteiger partial charge in [0.15, 0.2) is 0 Å². The van der Waals surface area contributed by atoms with Crippen molar-refractivity contribution in [3.8, 4) is 28.5 Å². The van der Waals surface area contributed by atoms with E-state index < -0.39 is 0 Å². The van der Waals surface area contributed by atoms with Gasteiger partial charge >= 0.3 is 0 Å². The summed E-state index contributed by atoms with van der Waals surface area (Å²) < 4.78 is 44.5. The summed E-state index contributed by atoms with van der Waals surface area (Å²) in [6, 6.07) is 40.2. The summed E-state index contributed by atoms with van der Waals surface area (Å²) in [5, 5.41) is 4.22. The SMILES string of the molecule is CCC1(COCCCCCOCc2ccc3oc4c(ccc5c4c4cc(COCCCCCOCC6(CC)COC6)ccc4n5-c4nc(-c5ccccc5)cc(-c5ccccc5)n4)c3c2)COC1. The normalized spacial score (nSPS) is 15.4. The number of rotatable bonds is 25. The van der Waals surface area contributed by atoms with Gasteiger partial charge in [0.25, 0.3) is 0 Å². The van der Waals surface area contributed by atoms with Crippen molar-refractivity contribution < 1.29 is 32.8 Å². The van der Waals surface area contributed by atoms with E-state index in [4.69, 9.17) is 42.8 Å². The molecule has 68 heavy (non-hydrogen) atoms. The summed E-state index contributed by atoms with van der Waals surface area (Å²) in [7, 11) is 0. The molecule has 10 rings (SSSR count). The number of benzene rings is 5. The first kappa shape index (κ1) is 46.3. The smallest absolute Gasteiger partial charge is 0.235 e. The minimum absolute atomic E-state index is 0.233. The van der Waals surface area contributed by atoms with Gasteiger partial charge in [0, 0.05) is 64.5 Å². The third-order valence-electron chi connectivity index (χ3n) is 14.2. The van der Waals surface area contributed by atoms with Crippen molar-refractivity contribution >= 4 is 43.7 Å². The van der Waals surface area contributed by atoms with Gasteiger partial charge in [-0.05, 0) is 105 Å². The van der Waals surface area contributed by atoms with Crippen molar-refractivity contribution in [1.29, 1.82) is 0 Å². The van der Waals surface area contributed by atoms with E-state index in [1.165, 1.54) is 0 Å². The molecule has 0 bridgehead atoms. The molecule has 0 radical (unpaired) electrons. The van der Waals surface area contributed by atoms with Gasteiger partial charge < -0.3 is 32.8 Å². The molecule has 0 atom stereocenters. The minimum atomic E-state index is 0.233. The van der Waals surface area contributed by atoms with E-state index in [1.807, 2.05) is 12.1 Å². The first-order chi connectivity index (χ1) is 33.5. The van der Waals surface area contributed by atoms with Crippen LogP contribution in [0.25, 0.3) is 72.2 Å². The molecule has 10 nitrogen and oxygen atoms in total. The highest BCUT2D eigenvalue weighted by atomic mass is 16.5. The summed E-state index contributed by atoms with van der Waals surface area (Å²) in [4.78, 5) is 10.6. The molecule has 5 heterocycles. The summed E-state index contributed by atoms with van der Waals surface area (Å²) in [6.07, 6.45) is 8.44. The Kier molecular flexibility index (Phi) is 14.6. The zero-order chi connectivity index (χ0) is 46.2. The molecular weight excluding hydrogens is 851 g/mol. The Morgan fingerprint density at radius 3 is 1.56 bits per heavy atom. The lowest BCUT2D eigenvalue weighted by atomic mass is 9.84. The third-order valence-corrected chi connectivity index (χ3v) is 14.2. The fraction of sp³-hybridized carbons (Fsp3) is 0.414. The van der Waals surface area contributed by atoms with Gasteiger partial charge in [-0.3, -0.25) is 4.57 Å². The monoisotopic (exact) mass is 915 g/mol. The second-order valence-corrected chi connectivity index (χ2v) is 19.2. The maximum Gasteiger partial charge on any atom is 0.235 e. The van der Waals surface area contributed by atoms with Gasteiger partial charge in [0.05, 0.1) is 80.7 Å². The minimum Gasteiger partial charge on any atom is -0.455 e. The molecule has 2 aliphatic rings. The Morgan fingerprint density at radius 2 is 1.03 bits per heavy atom.